The van der Waals surface area contributed by atoms with E-state index in [0.717, 1.165) is 19.3 Å². The minimum absolute atomic E-state index is 0.0538. The monoisotopic (exact) mass is 218 g/mol. The second kappa shape index (κ2) is 4.09. The Bertz CT molecular complexity index is 148. The van der Waals surface area contributed by atoms with Gasteiger partial charge in [0.15, 0.2) is 0 Å². The molecule has 1 aliphatic rings. The second-order valence-corrected chi connectivity index (χ2v) is 4.77. The summed E-state index contributed by atoms with van der Waals surface area (Å²) in [6.45, 7) is 0. The molecule has 0 spiro atoms. The molecule has 0 aliphatic heterocycles. The summed E-state index contributed by atoms with van der Waals surface area (Å²) in [7, 11) is 0. The van der Waals surface area contributed by atoms with Crippen molar-refractivity contribution in [2.45, 2.75) is 41.8 Å². The van der Waals surface area contributed by atoms with E-state index in [1.807, 2.05) is 0 Å². The third kappa shape index (κ3) is 3.44. The largest absolute Gasteiger partial charge is 0.442 e. The number of rotatable bonds is 1. The van der Waals surface area contributed by atoms with Gasteiger partial charge in [0.05, 0.1) is 0 Å². The standard InChI is InChI=1S/C7H10ClF3S/c8-5-3-1-2-4-6(5)12-7(9,10)11/h5-6H,1-4H2/t5-,6-/m0/s1. The molecule has 5 heteroatoms. The molecule has 1 saturated carbocycles. The summed E-state index contributed by atoms with van der Waals surface area (Å²) in [6, 6.07) is 0. The first-order chi connectivity index (χ1) is 5.49. The van der Waals surface area contributed by atoms with E-state index in [9.17, 15) is 13.2 Å². The van der Waals surface area contributed by atoms with Crippen LogP contribution in [0.4, 0.5) is 13.2 Å². The first-order valence-electron chi connectivity index (χ1n) is 3.87. The molecule has 1 fully saturated rings. The molecular formula is C7H10ClF3S. The Balaban J connectivity index is 2.39. The number of thioether (sulfide) groups is 1. The lowest BCUT2D eigenvalue weighted by atomic mass is 10.00. The van der Waals surface area contributed by atoms with Crippen molar-refractivity contribution in [3.05, 3.63) is 0 Å². The van der Waals surface area contributed by atoms with Crippen LogP contribution in [-0.2, 0) is 0 Å². The van der Waals surface area contributed by atoms with Crippen molar-refractivity contribution in [2.75, 3.05) is 0 Å². The highest BCUT2D eigenvalue weighted by molar-refractivity contribution is 8.00. The van der Waals surface area contributed by atoms with Crippen molar-refractivity contribution in [2.24, 2.45) is 0 Å². The highest BCUT2D eigenvalue weighted by Crippen LogP contribution is 2.41. The lowest BCUT2D eigenvalue weighted by Crippen LogP contribution is -2.25. The van der Waals surface area contributed by atoms with Crippen LogP contribution in [0.5, 0.6) is 0 Å². The van der Waals surface area contributed by atoms with Gasteiger partial charge >= 0.3 is 5.51 Å². The molecule has 2 atom stereocenters. The Morgan fingerprint density at radius 2 is 1.75 bits per heavy atom. The van der Waals surface area contributed by atoms with Gasteiger partial charge in [0.1, 0.15) is 0 Å². The zero-order valence-corrected chi connectivity index (χ0v) is 7.98. The summed E-state index contributed by atoms with van der Waals surface area (Å²) in [5.74, 6) is 0. The SMILES string of the molecule is FC(F)(F)S[C@H]1CCCC[C@@H]1Cl. The Kier molecular flexibility index (Phi) is 3.58. The molecule has 0 radical (unpaired) electrons. The maximum Gasteiger partial charge on any atom is 0.442 e. The molecule has 0 heterocycles. The fourth-order valence-electron chi connectivity index (χ4n) is 1.36. The maximum absolute atomic E-state index is 11.9. The molecule has 72 valence electrons. The zero-order chi connectivity index (χ0) is 9.19. The lowest BCUT2D eigenvalue weighted by molar-refractivity contribution is -0.0335. The molecule has 1 aliphatic carbocycles. The molecule has 0 N–H and O–H groups in total. The predicted octanol–water partition coefficient (Wildman–Crippen LogP) is 3.79. The third-order valence-corrected chi connectivity index (χ3v) is 3.71. The molecule has 0 aromatic rings. The molecule has 0 unspecified atom stereocenters. The van der Waals surface area contributed by atoms with Gasteiger partial charge in [-0.2, -0.15) is 13.2 Å². The first kappa shape index (κ1) is 10.5. The quantitative estimate of drug-likeness (QED) is 0.604. The van der Waals surface area contributed by atoms with Crippen molar-refractivity contribution in [1.82, 2.24) is 0 Å². The van der Waals surface area contributed by atoms with Crippen LogP contribution >= 0.6 is 23.4 Å². The topological polar surface area (TPSA) is 0 Å². The Labute approximate surface area is 78.8 Å². The van der Waals surface area contributed by atoms with Crippen LogP contribution in [0.3, 0.4) is 0 Å². The fourth-order valence-corrected chi connectivity index (χ4v) is 2.70. The van der Waals surface area contributed by atoms with Crippen molar-refractivity contribution in [3.8, 4) is 0 Å². The van der Waals surface area contributed by atoms with Gasteiger partial charge in [-0.25, -0.2) is 0 Å². The molecule has 0 aromatic carbocycles. The van der Waals surface area contributed by atoms with Gasteiger partial charge in [0.2, 0.25) is 0 Å². The Morgan fingerprint density at radius 1 is 1.17 bits per heavy atom. The summed E-state index contributed by atoms with van der Waals surface area (Å²) >= 11 is 5.82. The Morgan fingerprint density at radius 3 is 2.25 bits per heavy atom. The van der Waals surface area contributed by atoms with E-state index in [2.05, 4.69) is 0 Å². The van der Waals surface area contributed by atoms with E-state index in [0.29, 0.717) is 6.42 Å². The summed E-state index contributed by atoms with van der Waals surface area (Å²) in [6.07, 6.45) is 3.15. The van der Waals surface area contributed by atoms with Gasteiger partial charge in [0.25, 0.3) is 0 Å². The third-order valence-electron chi connectivity index (χ3n) is 1.91. The van der Waals surface area contributed by atoms with Gasteiger partial charge in [-0.05, 0) is 24.6 Å². The molecule has 1 rings (SSSR count). The summed E-state index contributed by atoms with van der Waals surface area (Å²) in [4.78, 5) is 0. The number of hydrogen-bond donors (Lipinski definition) is 0. The van der Waals surface area contributed by atoms with Crippen LogP contribution in [0, 0.1) is 0 Å². The average molecular weight is 219 g/mol. The predicted molar refractivity (Wildman–Crippen MR) is 45.5 cm³/mol. The molecule has 0 saturated heterocycles. The van der Waals surface area contributed by atoms with Crippen LogP contribution in [0.1, 0.15) is 25.7 Å². The second-order valence-electron chi connectivity index (χ2n) is 2.90. The fraction of sp³-hybridized carbons (Fsp3) is 1.00. The molecule has 0 amide bonds. The van der Waals surface area contributed by atoms with Gasteiger partial charge in [0, 0.05) is 10.6 Å². The van der Waals surface area contributed by atoms with Crippen LogP contribution in [0.2, 0.25) is 0 Å². The maximum atomic E-state index is 11.9. The van der Waals surface area contributed by atoms with E-state index < -0.39 is 10.8 Å². The van der Waals surface area contributed by atoms with Crippen molar-refractivity contribution < 1.29 is 13.2 Å². The number of halogens is 4. The Hall–Kier alpha value is 0.430. The van der Waals surface area contributed by atoms with E-state index in [1.54, 1.807) is 0 Å². The van der Waals surface area contributed by atoms with E-state index >= 15 is 0 Å². The van der Waals surface area contributed by atoms with Gasteiger partial charge in [-0.1, -0.05) is 12.8 Å². The van der Waals surface area contributed by atoms with E-state index in [4.69, 9.17) is 11.6 Å². The molecule has 0 aromatic heterocycles. The van der Waals surface area contributed by atoms with Crippen LogP contribution in [-0.4, -0.2) is 16.1 Å². The van der Waals surface area contributed by atoms with Crippen molar-refractivity contribution in [3.63, 3.8) is 0 Å². The van der Waals surface area contributed by atoms with Crippen molar-refractivity contribution in [1.29, 1.82) is 0 Å². The van der Waals surface area contributed by atoms with Gasteiger partial charge < -0.3 is 0 Å². The number of hydrogen-bond acceptors (Lipinski definition) is 1. The average Bonchev–Trinajstić information content (AvgIpc) is 1.91. The lowest BCUT2D eigenvalue weighted by Gasteiger charge is -2.26. The molecule has 0 bridgehead atoms. The normalized spacial score (nSPS) is 32.0. The highest BCUT2D eigenvalue weighted by atomic mass is 35.5. The number of alkyl halides is 4. The van der Waals surface area contributed by atoms with Crippen LogP contribution < -0.4 is 0 Å². The summed E-state index contributed by atoms with van der Waals surface area (Å²) in [5, 5.41) is -0.731. The molecule has 0 nitrogen and oxygen atoms in total. The highest BCUT2D eigenvalue weighted by Gasteiger charge is 2.36. The van der Waals surface area contributed by atoms with E-state index in [-0.39, 0.29) is 17.1 Å². The zero-order valence-electron chi connectivity index (χ0n) is 6.40. The molecule has 12 heavy (non-hydrogen) atoms. The summed E-state index contributed by atoms with van der Waals surface area (Å²) in [5.41, 5.74) is -4.13. The first-order valence-corrected chi connectivity index (χ1v) is 5.19. The van der Waals surface area contributed by atoms with Crippen LogP contribution in [0.15, 0.2) is 0 Å². The smallest absolute Gasteiger partial charge is 0.160 e. The van der Waals surface area contributed by atoms with Gasteiger partial charge in [-0.15, -0.1) is 11.6 Å². The minimum Gasteiger partial charge on any atom is -0.160 e. The summed E-state index contributed by atoms with van der Waals surface area (Å²) < 4.78 is 35.8. The minimum atomic E-state index is -4.13. The van der Waals surface area contributed by atoms with Gasteiger partial charge in [-0.3, -0.25) is 0 Å². The molecular weight excluding hydrogens is 209 g/mol. The van der Waals surface area contributed by atoms with Crippen molar-refractivity contribution >= 4 is 23.4 Å². The van der Waals surface area contributed by atoms with Crippen LogP contribution in [0.25, 0.3) is 0 Å². The van der Waals surface area contributed by atoms with E-state index in [1.165, 1.54) is 0 Å².